The molecule has 0 saturated heterocycles. The van der Waals surface area contributed by atoms with Crippen LogP contribution in [-0.4, -0.2) is 15.1 Å². The van der Waals surface area contributed by atoms with Gasteiger partial charge < -0.3 is 4.52 Å². The summed E-state index contributed by atoms with van der Waals surface area (Å²) in [5.41, 5.74) is 3.21. The molecule has 0 bridgehead atoms. The first-order valence-corrected chi connectivity index (χ1v) is 9.07. The van der Waals surface area contributed by atoms with E-state index in [0.717, 1.165) is 16.1 Å². The summed E-state index contributed by atoms with van der Waals surface area (Å²) in [6.07, 6.45) is 0. The molecule has 0 aliphatic carbocycles. The Morgan fingerprint density at radius 1 is 1.17 bits per heavy atom. The van der Waals surface area contributed by atoms with Gasteiger partial charge in [0.1, 0.15) is 0 Å². The molecule has 0 unspecified atom stereocenters. The van der Waals surface area contributed by atoms with Gasteiger partial charge in [-0.2, -0.15) is 16.3 Å². The number of rotatable bonds is 4. The Kier molecular flexibility index (Phi) is 3.85. The van der Waals surface area contributed by atoms with E-state index >= 15 is 0 Å². The number of hydrogen-bond donors (Lipinski definition) is 0. The molecule has 4 aromatic rings. The van der Waals surface area contributed by atoms with E-state index in [-0.39, 0.29) is 0 Å². The van der Waals surface area contributed by atoms with Gasteiger partial charge in [-0.25, -0.2) is 4.98 Å². The first kappa shape index (κ1) is 14.4. The van der Waals surface area contributed by atoms with Gasteiger partial charge in [0, 0.05) is 10.8 Å². The van der Waals surface area contributed by atoms with E-state index < -0.39 is 0 Å². The highest BCUT2D eigenvalue weighted by Crippen LogP contribution is 2.26. The minimum Gasteiger partial charge on any atom is -0.334 e. The van der Waals surface area contributed by atoms with Crippen molar-refractivity contribution in [3.8, 4) is 11.5 Å². The van der Waals surface area contributed by atoms with Gasteiger partial charge in [-0.15, -0.1) is 0 Å². The van der Waals surface area contributed by atoms with Crippen LogP contribution in [0, 0.1) is 6.92 Å². The first-order chi connectivity index (χ1) is 11.3. The normalized spacial score (nSPS) is 11.2. The topological polar surface area (TPSA) is 51.8 Å². The lowest BCUT2D eigenvalue weighted by atomic mass is 10.1. The fraction of sp³-hybridized carbons (Fsp3) is 0.118. The molecule has 114 valence electrons. The third-order valence-corrected chi connectivity index (χ3v) is 5.08. The van der Waals surface area contributed by atoms with Crippen molar-refractivity contribution in [3.05, 3.63) is 58.5 Å². The number of thiophene rings is 1. The molecule has 0 radical (unpaired) electrons. The lowest BCUT2D eigenvalue weighted by molar-refractivity contribution is 0.425. The summed E-state index contributed by atoms with van der Waals surface area (Å²) in [5, 5.41) is 10.2. The maximum absolute atomic E-state index is 5.30. The number of aromatic nitrogens is 3. The Hall–Kier alpha value is -2.18. The van der Waals surface area contributed by atoms with E-state index in [1.807, 2.05) is 35.0 Å². The highest BCUT2D eigenvalue weighted by molar-refractivity contribution is 7.98. The van der Waals surface area contributed by atoms with E-state index in [4.69, 9.17) is 4.52 Å². The molecule has 0 fully saturated rings. The largest absolute Gasteiger partial charge is 0.334 e. The quantitative estimate of drug-likeness (QED) is 0.493. The molecule has 0 atom stereocenters. The predicted molar refractivity (Wildman–Crippen MR) is 93.7 cm³/mol. The Morgan fingerprint density at radius 3 is 2.96 bits per heavy atom. The monoisotopic (exact) mass is 339 g/mol. The minimum absolute atomic E-state index is 0.574. The van der Waals surface area contributed by atoms with Crippen molar-refractivity contribution in [2.24, 2.45) is 0 Å². The number of benzene rings is 1. The maximum Gasteiger partial charge on any atom is 0.258 e. The first-order valence-electron chi connectivity index (χ1n) is 7.14. The zero-order valence-electron chi connectivity index (χ0n) is 12.4. The Balaban J connectivity index is 1.53. The van der Waals surface area contributed by atoms with E-state index in [9.17, 15) is 0 Å². The van der Waals surface area contributed by atoms with E-state index in [1.165, 1.54) is 10.9 Å². The molecule has 0 aliphatic heterocycles. The molecule has 0 aliphatic rings. The second kappa shape index (κ2) is 6.14. The van der Waals surface area contributed by atoms with Crippen LogP contribution in [0.4, 0.5) is 0 Å². The number of hydrogen-bond acceptors (Lipinski definition) is 6. The number of para-hydroxylation sites is 1. The summed E-state index contributed by atoms with van der Waals surface area (Å²) < 4.78 is 5.30. The summed E-state index contributed by atoms with van der Waals surface area (Å²) in [6, 6.07) is 12.3. The second-order valence-electron chi connectivity index (χ2n) is 5.11. The third-order valence-electron chi connectivity index (χ3n) is 3.48. The fourth-order valence-electron chi connectivity index (χ4n) is 2.35. The SMILES string of the molecule is Cc1cc(SCc2noc(-c3ccsc3)n2)nc2ccccc12. The summed E-state index contributed by atoms with van der Waals surface area (Å²) in [4.78, 5) is 9.12. The van der Waals surface area contributed by atoms with Gasteiger partial charge in [-0.3, -0.25) is 0 Å². The van der Waals surface area contributed by atoms with Gasteiger partial charge in [0.2, 0.25) is 0 Å². The van der Waals surface area contributed by atoms with Crippen LogP contribution in [0.5, 0.6) is 0 Å². The zero-order valence-corrected chi connectivity index (χ0v) is 14.0. The van der Waals surface area contributed by atoms with Gasteiger partial charge in [0.05, 0.1) is 21.9 Å². The molecule has 0 N–H and O–H groups in total. The van der Waals surface area contributed by atoms with Crippen molar-refractivity contribution >= 4 is 34.0 Å². The molecular formula is C17H13N3OS2. The van der Waals surface area contributed by atoms with Crippen molar-refractivity contribution < 1.29 is 4.52 Å². The summed E-state index contributed by atoms with van der Waals surface area (Å²) in [5.74, 6) is 1.90. The molecule has 6 heteroatoms. The highest BCUT2D eigenvalue weighted by Gasteiger charge is 2.10. The lowest BCUT2D eigenvalue weighted by Crippen LogP contribution is -1.89. The summed E-state index contributed by atoms with van der Waals surface area (Å²) in [6.45, 7) is 2.11. The molecule has 3 heterocycles. The van der Waals surface area contributed by atoms with Crippen LogP contribution in [0.2, 0.25) is 0 Å². The number of thioether (sulfide) groups is 1. The number of fused-ring (bicyclic) bond motifs is 1. The fourth-order valence-corrected chi connectivity index (χ4v) is 3.79. The highest BCUT2D eigenvalue weighted by atomic mass is 32.2. The molecule has 4 rings (SSSR count). The van der Waals surface area contributed by atoms with Crippen LogP contribution in [-0.2, 0) is 5.75 Å². The van der Waals surface area contributed by atoms with Crippen molar-refractivity contribution in [1.29, 1.82) is 0 Å². The van der Waals surface area contributed by atoms with Crippen LogP contribution in [0.1, 0.15) is 11.4 Å². The number of aryl methyl sites for hydroxylation is 1. The number of pyridine rings is 1. The second-order valence-corrected chi connectivity index (χ2v) is 6.89. The van der Waals surface area contributed by atoms with E-state index in [2.05, 4.69) is 34.2 Å². The summed E-state index contributed by atoms with van der Waals surface area (Å²) in [7, 11) is 0. The van der Waals surface area contributed by atoms with Crippen LogP contribution in [0.3, 0.4) is 0 Å². The Labute approximate surface area is 141 Å². The summed E-state index contributed by atoms with van der Waals surface area (Å²) >= 11 is 3.23. The molecule has 1 aromatic carbocycles. The molecule has 0 spiro atoms. The molecule has 23 heavy (non-hydrogen) atoms. The standard InChI is InChI=1S/C17H13N3OS2/c1-11-8-16(18-14-5-3-2-4-13(11)14)23-10-15-19-17(21-20-15)12-6-7-22-9-12/h2-9H,10H2,1H3. The molecule has 0 saturated carbocycles. The lowest BCUT2D eigenvalue weighted by Gasteiger charge is -2.04. The predicted octanol–water partition coefficient (Wildman–Crippen LogP) is 4.95. The van der Waals surface area contributed by atoms with Gasteiger partial charge >= 0.3 is 0 Å². The van der Waals surface area contributed by atoms with Gasteiger partial charge in [-0.1, -0.05) is 35.1 Å². The minimum atomic E-state index is 0.574. The molecule has 4 nitrogen and oxygen atoms in total. The van der Waals surface area contributed by atoms with Gasteiger partial charge in [0.25, 0.3) is 5.89 Å². The van der Waals surface area contributed by atoms with Crippen molar-refractivity contribution in [2.45, 2.75) is 17.7 Å². The van der Waals surface area contributed by atoms with Crippen LogP contribution < -0.4 is 0 Å². The van der Waals surface area contributed by atoms with Crippen molar-refractivity contribution in [3.63, 3.8) is 0 Å². The number of nitrogens with zero attached hydrogens (tertiary/aromatic N) is 3. The average molecular weight is 339 g/mol. The van der Waals surface area contributed by atoms with Crippen molar-refractivity contribution in [1.82, 2.24) is 15.1 Å². The Morgan fingerprint density at radius 2 is 2.09 bits per heavy atom. The smallest absolute Gasteiger partial charge is 0.258 e. The average Bonchev–Trinajstić information content (AvgIpc) is 3.24. The van der Waals surface area contributed by atoms with E-state index in [1.54, 1.807) is 23.1 Å². The third kappa shape index (κ3) is 3.00. The van der Waals surface area contributed by atoms with E-state index in [0.29, 0.717) is 17.5 Å². The van der Waals surface area contributed by atoms with Crippen molar-refractivity contribution in [2.75, 3.05) is 0 Å². The maximum atomic E-state index is 5.30. The van der Waals surface area contributed by atoms with Crippen LogP contribution in [0.15, 0.2) is 56.7 Å². The van der Waals surface area contributed by atoms with Crippen LogP contribution in [0.25, 0.3) is 22.4 Å². The molecule has 3 aromatic heterocycles. The van der Waals surface area contributed by atoms with Gasteiger partial charge in [-0.05, 0) is 36.1 Å². The van der Waals surface area contributed by atoms with Crippen LogP contribution >= 0.6 is 23.1 Å². The Bertz CT molecular complexity index is 948. The molecule has 0 amide bonds. The zero-order chi connectivity index (χ0) is 15.6. The molecular weight excluding hydrogens is 326 g/mol. The van der Waals surface area contributed by atoms with Gasteiger partial charge in [0.15, 0.2) is 5.82 Å².